The van der Waals surface area contributed by atoms with Crippen LogP contribution in [0.25, 0.3) is 0 Å². The van der Waals surface area contributed by atoms with E-state index in [2.05, 4.69) is 9.88 Å². The van der Waals surface area contributed by atoms with Crippen LogP contribution in [0.1, 0.15) is 12.1 Å². The number of likely N-dealkylation sites (N-methyl/N-ethyl adjacent to an activating group) is 1. The van der Waals surface area contributed by atoms with Crippen LogP contribution in [-0.4, -0.2) is 35.9 Å². The first-order chi connectivity index (χ1) is 7.18. The summed E-state index contributed by atoms with van der Waals surface area (Å²) >= 11 is 0. The van der Waals surface area contributed by atoms with E-state index in [1.807, 2.05) is 31.4 Å². The quantitative estimate of drug-likeness (QED) is 0.536. The minimum Gasteiger partial charge on any atom is -0.388 e. The van der Waals surface area contributed by atoms with E-state index < -0.39 is 0 Å². The normalized spacial score (nSPS) is 10.5. The third-order valence-corrected chi connectivity index (χ3v) is 2.24. The molecule has 3 N–H and O–H groups in total. The number of nitrogens with zero attached hydrogens (tertiary/aromatic N) is 2. The number of hydrogen-bond donors (Lipinski definition) is 2. The maximum atomic E-state index is 7.12. The third kappa shape index (κ3) is 5.12. The van der Waals surface area contributed by atoms with Crippen LogP contribution in [0.15, 0.2) is 24.4 Å². The van der Waals surface area contributed by atoms with Gasteiger partial charge in [-0.1, -0.05) is 6.07 Å². The second-order valence-electron chi connectivity index (χ2n) is 3.65. The summed E-state index contributed by atoms with van der Waals surface area (Å²) < 4.78 is 0. The number of nitrogens with one attached hydrogen (secondary N) is 1. The number of pyridine rings is 1. The maximum absolute atomic E-state index is 7.12. The third-order valence-electron chi connectivity index (χ3n) is 2.24. The first kappa shape index (κ1) is 11.7. The van der Waals surface area contributed by atoms with Crippen molar-refractivity contribution in [3.63, 3.8) is 0 Å². The fraction of sp³-hybridized carbons (Fsp3) is 0.455. The van der Waals surface area contributed by atoms with Crippen molar-refractivity contribution >= 4 is 5.84 Å². The summed E-state index contributed by atoms with van der Waals surface area (Å²) in [7, 11) is 2.03. The van der Waals surface area contributed by atoms with Gasteiger partial charge in [0.15, 0.2) is 0 Å². The van der Waals surface area contributed by atoms with Gasteiger partial charge in [-0.25, -0.2) is 0 Å². The Morgan fingerprint density at radius 2 is 2.27 bits per heavy atom. The van der Waals surface area contributed by atoms with E-state index in [9.17, 15) is 0 Å². The molecular formula is C11H18N4. The highest BCUT2D eigenvalue weighted by molar-refractivity contribution is 5.76. The largest absolute Gasteiger partial charge is 0.388 e. The lowest BCUT2D eigenvalue weighted by Gasteiger charge is -2.15. The van der Waals surface area contributed by atoms with Gasteiger partial charge in [0.1, 0.15) is 0 Å². The van der Waals surface area contributed by atoms with E-state index >= 15 is 0 Å². The van der Waals surface area contributed by atoms with Gasteiger partial charge in [-0.3, -0.25) is 10.4 Å². The smallest absolute Gasteiger partial charge is 0.0918 e. The Hall–Kier alpha value is -1.42. The minimum absolute atomic E-state index is 0.250. The molecule has 0 aliphatic carbocycles. The summed E-state index contributed by atoms with van der Waals surface area (Å²) in [5.74, 6) is 0.250. The van der Waals surface area contributed by atoms with Gasteiger partial charge in [-0.2, -0.15) is 0 Å². The molecule has 0 aromatic carbocycles. The molecule has 0 radical (unpaired) electrons. The summed E-state index contributed by atoms with van der Waals surface area (Å²) in [6, 6.07) is 5.94. The first-order valence-electron chi connectivity index (χ1n) is 5.10. The van der Waals surface area contributed by atoms with Crippen LogP contribution in [0.4, 0.5) is 0 Å². The highest BCUT2D eigenvalue weighted by Crippen LogP contribution is 1.96. The fourth-order valence-electron chi connectivity index (χ4n) is 1.27. The van der Waals surface area contributed by atoms with Crippen molar-refractivity contribution in [3.05, 3.63) is 30.1 Å². The molecule has 0 aliphatic heterocycles. The molecule has 82 valence electrons. The average molecular weight is 206 g/mol. The summed E-state index contributed by atoms with van der Waals surface area (Å²) in [6.07, 6.45) is 3.39. The van der Waals surface area contributed by atoms with Gasteiger partial charge in [-0.15, -0.1) is 0 Å². The van der Waals surface area contributed by atoms with Crippen LogP contribution in [0.5, 0.6) is 0 Å². The van der Waals surface area contributed by atoms with Crippen LogP contribution in [0.2, 0.25) is 0 Å². The predicted molar refractivity (Wildman–Crippen MR) is 62.0 cm³/mol. The molecule has 1 aromatic heterocycles. The molecule has 0 fully saturated rings. The Balaban J connectivity index is 2.22. The standard InChI is InChI=1S/C11H18N4/c1-15(9-6-11(12)13)8-5-10-4-2-3-7-14-10/h2-4,7H,5-6,8-9H2,1H3,(H3,12,13). The predicted octanol–water partition coefficient (Wildman–Crippen LogP) is 0.882. The lowest BCUT2D eigenvalue weighted by molar-refractivity contribution is 0.347. The van der Waals surface area contributed by atoms with Crippen molar-refractivity contribution in [2.75, 3.05) is 20.1 Å². The van der Waals surface area contributed by atoms with Gasteiger partial charge in [0.2, 0.25) is 0 Å². The van der Waals surface area contributed by atoms with E-state index in [0.29, 0.717) is 6.42 Å². The summed E-state index contributed by atoms with van der Waals surface area (Å²) in [5, 5.41) is 7.12. The molecular weight excluding hydrogens is 188 g/mol. The Kier molecular flexibility index (Phi) is 4.77. The number of rotatable bonds is 6. The van der Waals surface area contributed by atoms with Crippen LogP contribution >= 0.6 is 0 Å². The van der Waals surface area contributed by atoms with E-state index in [4.69, 9.17) is 11.1 Å². The highest BCUT2D eigenvalue weighted by atomic mass is 15.1. The minimum atomic E-state index is 0.250. The molecule has 0 aliphatic rings. The SMILES string of the molecule is CN(CCC(=N)N)CCc1ccccn1. The Morgan fingerprint density at radius 1 is 1.47 bits per heavy atom. The lowest BCUT2D eigenvalue weighted by atomic mass is 10.2. The number of amidine groups is 1. The Morgan fingerprint density at radius 3 is 2.87 bits per heavy atom. The molecule has 0 saturated carbocycles. The highest BCUT2D eigenvalue weighted by Gasteiger charge is 2.00. The second kappa shape index (κ2) is 6.14. The number of aromatic nitrogens is 1. The van der Waals surface area contributed by atoms with Crippen molar-refractivity contribution in [2.45, 2.75) is 12.8 Å². The molecule has 0 amide bonds. The molecule has 0 spiro atoms. The Labute approximate surface area is 90.6 Å². The van der Waals surface area contributed by atoms with Gasteiger partial charge in [-0.05, 0) is 19.2 Å². The van der Waals surface area contributed by atoms with E-state index in [1.54, 1.807) is 0 Å². The molecule has 0 unspecified atom stereocenters. The van der Waals surface area contributed by atoms with E-state index in [1.165, 1.54) is 0 Å². The van der Waals surface area contributed by atoms with Crippen LogP contribution in [0.3, 0.4) is 0 Å². The molecule has 0 saturated heterocycles. The lowest BCUT2D eigenvalue weighted by Crippen LogP contribution is -2.26. The van der Waals surface area contributed by atoms with Gasteiger partial charge in [0.25, 0.3) is 0 Å². The van der Waals surface area contributed by atoms with Crippen molar-refractivity contribution in [1.29, 1.82) is 5.41 Å². The second-order valence-corrected chi connectivity index (χ2v) is 3.65. The van der Waals surface area contributed by atoms with Crippen LogP contribution in [0, 0.1) is 5.41 Å². The molecule has 1 rings (SSSR count). The van der Waals surface area contributed by atoms with E-state index in [-0.39, 0.29) is 5.84 Å². The van der Waals surface area contributed by atoms with Crippen molar-refractivity contribution in [2.24, 2.45) is 5.73 Å². The zero-order valence-corrected chi connectivity index (χ0v) is 9.11. The molecule has 15 heavy (non-hydrogen) atoms. The van der Waals surface area contributed by atoms with E-state index in [0.717, 1.165) is 25.2 Å². The van der Waals surface area contributed by atoms with Crippen LogP contribution in [-0.2, 0) is 6.42 Å². The molecule has 1 aromatic rings. The topological polar surface area (TPSA) is 66.0 Å². The zero-order valence-electron chi connectivity index (χ0n) is 9.11. The molecule has 4 nitrogen and oxygen atoms in total. The molecule has 4 heteroatoms. The average Bonchev–Trinajstić information content (AvgIpc) is 2.25. The molecule has 1 heterocycles. The maximum Gasteiger partial charge on any atom is 0.0918 e. The number of hydrogen-bond acceptors (Lipinski definition) is 3. The number of nitrogens with two attached hydrogens (primary N) is 1. The summed E-state index contributed by atoms with van der Waals surface area (Å²) in [4.78, 5) is 6.42. The van der Waals surface area contributed by atoms with Crippen molar-refractivity contribution in [3.8, 4) is 0 Å². The van der Waals surface area contributed by atoms with Crippen molar-refractivity contribution < 1.29 is 0 Å². The zero-order chi connectivity index (χ0) is 11.1. The van der Waals surface area contributed by atoms with Gasteiger partial charge in [0, 0.05) is 37.8 Å². The van der Waals surface area contributed by atoms with Gasteiger partial charge >= 0.3 is 0 Å². The molecule has 0 bridgehead atoms. The monoisotopic (exact) mass is 206 g/mol. The summed E-state index contributed by atoms with van der Waals surface area (Å²) in [6.45, 7) is 1.78. The fourth-order valence-corrected chi connectivity index (χ4v) is 1.27. The summed E-state index contributed by atoms with van der Waals surface area (Å²) in [5.41, 5.74) is 6.40. The Bertz CT molecular complexity index is 297. The first-order valence-corrected chi connectivity index (χ1v) is 5.10. The van der Waals surface area contributed by atoms with Gasteiger partial charge in [0.05, 0.1) is 5.84 Å². The van der Waals surface area contributed by atoms with Crippen LogP contribution < -0.4 is 5.73 Å². The van der Waals surface area contributed by atoms with Crippen molar-refractivity contribution in [1.82, 2.24) is 9.88 Å². The molecule has 0 atom stereocenters. The van der Waals surface area contributed by atoms with Gasteiger partial charge < -0.3 is 10.6 Å².